The van der Waals surface area contributed by atoms with Crippen molar-refractivity contribution in [2.24, 2.45) is 0 Å². The molecule has 0 spiro atoms. The van der Waals surface area contributed by atoms with Crippen LogP contribution in [0.5, 0.6) is 0 Å². The number of carbonyl (C=O) groups is 2. The second kappa shape index (κ2) is 10.00. The van der Waals surface area contributed by atoms with Crippen LogP contribution in [0, 0.1) is 0 Å². The van der Waals surface area contributed by atoms with Crippen molar-refractivity contribution in [3.63, 3.8) is 0 Å². The fourth-order valence-corrected chi connectivity index (χ4v) is 3.51. The van der Waals surface area contributed by atoms with Gasteiger partial charge >= 0.3 is 0 Å². The third kappa shape index (κ3) is 6.04. The lowest BCUT2D eigenvalue weighted by atomic mass is 10.1. The minimum absolute atomic E-state index is 0.0935. The Labute approximate surface area is 171 Å². The Morgan fingerprint density at radius 1 is 1.15 bits per heavy atom. The summed E-state index contributed by atoms with van der Waals surface area (Å²) >= 11 is 10.7. The molecule has 0 radical (unpaired) electrons. The minimum atomic E-state index is -0.554. The summed E-state index contributed by atoms with van der Waals surface area (Å²) in [6, 6.07) is 14.5. The van der Waals surface area contributed by atoms with Crippen LogP contribution in [0.4, 0.5) is 0 Å². The van der Waals surface area contributed by atoms with Crippen LogP contribution in [0.15, 0.2) is 57.9 Å². The maximum atomic E-state index is 12.8. The van der Waals surface area contributed by atoms with Crippen molar-refractivity contribution in [1.29, 1.82) is 0 Å². The van der Waals surface area contributed by atoms with E-state index in [0.717, 1.165) is 14.9 Å². The van der Waals surface area contributed by atoms with E-state index < -0.39 is 6.04 Å². The molecule has 0 unspecified atom stereocenters. The van der Waals surface area contributed by atoms with E-state index in [1.807, 2.05) is 36.4 Å². The molecule has 1 N–H and O–H groups in total. The molecule has 2 rings (SSSR count). The highest BCUT2D eigenvalue weighted by Gasteiger charge is 2.25. The molecule has 2 aromatic rings. The molecule has 0 aliphatic rings. The number of benzene rings is 2. The Hall–Kier alpha value is -1.50. The third-order valence-corrected chi connectivity index (χ3v) is 5.63. The number of nitrogens with one attached hydrogen (secondary N) is 1. The second-order valence-corrected chi connectivity index (χ2v) is 8.08. The first-order valence-corrected chi connectivity index (χ1v) is 10.2. The van der Waals surface area contributed by atoms with Gasteiger partial charge in [-0.15, -0.1) is 11.8 Å². The Morgan fingerprint density at radius 3 is 2.35 bits per heavy atom. The molecule has 0 aliphatic heterocycles. The number of nitrogens with zero attached hydrogens (tertiary/aromatic N) is 1. The lowest BCUT2D eigenvalue weighted by Crippen LogP contribution is -2.47. The summed E-state index contributed by atoms with van der Waals surface area (Å²) in [5.74, 6) is -0.0321. The minimum Gasteiger partial charge on any atom is -0.357 e. The summed E-state index contributed by atoms with van der Waals surface area (Å²) in [7, 11) is 1.57. The largest absolute Gasteiger partial charge is 0.357 e. The highest BCUT2D eigenvalue weighted by Crippen LogP contribution is 2.22. The molecule has 2 aromatic carbocycles. The van der Waals surface area contributed by atoms with E-state index >= 15 is 0 Å². The van der Waals surface area contributed by atoms with Crippen molar-refractivity contribution < 1.29 is 9.59 Å². The van der Waals surface area contributed by atoms with Gasteiger partial charge in [0.15, 0.2) is 0 Å². The first-order chi connectivity index (χ1) is 12.4. The van der Waals surface area contributed by atoms with E-state index in [0.29, 0.717) is 11.6 Å². The summed E-state index contributed by atoms with van der Waals surface area (Å²) < 4.78 is 0.969. The van der Waals surface area contributed by atoms with Gasteiger partial charge < -0.3 is 10.2 Å². The van der Waals surface area contributed by atoms with E-state index in [9.17, 15) is 9.59 Å². The van der Waals surface area contributed by atoms with Gasteiger partial charge in [0.1, 0.15) is 6.04 Å². The number of carbonyl (C=O) groups excluding carboxylic acids is 2. The third-order valence-electron chi connectivity index (χ3n) is 3.86. The van der Waals surface area contributed by atoms with Crippen LogP contribution in [-0.4, -0.2) is 35.6 Å². The summed E-state index contributed by atoms with van der Waals surface area (Å²) in [5, 5.41) is 3.27. The van der Waals surface area contributed by atoms with Crippen molar-refractivity contribution in [2.45, 2.75) is 24.4 Å². The highest BCUT2D eigenvalue weighted by molar-refractivity contribution is 9.10. The van der Waals surface area contributed by atoms with Gasteiger partial charge in [0, 0.05) is 28.0 Å². The number of hydrogen-bond donors (Lipinski definition) is 1. The quantitative estimate of drug-likeness (QED) is 0.631. The molecule has 4 nitrogen and oxygen atoms in total. The van der Waals surface area contributed by atoms with Crippen molar-refractivity contribution in [2.75, 3.05) is 12.8 Å². The zero-order chi connectivity index (χ0) is 19.1. The SMILES string of the molecule is CNC(=O)[C@H](C)N(Cc1ccc(Br)cc1)C(=O)CSc1ccc(Cl)cc1. The van der Waals surface area contributed by atoms with Gasteiger partial charge in [-0.2, -0.15) is 0 Å². The summed E-state index contributed by atoms with van der Waals surface area (Å²) in [6.07, 6.45) is 0. The Bertz CT molecular complexity index is 753. The molecule has 1 atom stereocenters. The molecule has 0 aliphatic carbocycles. The van der Waals surface area contributed by atoms with E-state index in [2.05, 4.69) is 21.2 Å². The lowest BCUT2D eigenvalue weighted by Gasteiger charge is -2.28. The van der Waals surface area contributed by atoms with E-state index in [1.165, 1.54) is 11.8 Å². The normalized spacial score (nSPS) is 11.7. The molecule has 7 heteroatoms. The molecular formula is C19H20BrClN2O2S. The fraction of sp³-hybridized carbons (Fsp3) is 0.263. The van der Waals surface area contributed by atoms with Gasteiger partial charge in [-0.1, -0.05) is 39.7 Å². The molecule has 138 valence electrons. The average molecular weight is 456 g/mol. The maximum Gasteiger partial charge on any atom is 0.242 e. The Morgan fingerprint density at radius 2 is 1.77 bits per heavy atom. The average Bonchev–Trinajstić information content (AvgIpc) is 2.65. The standard InChI is InChI=1S/C19H20BrClN2O2S/c1-13(19(25)22-2)23(11-14-3-5-15(20)6-4-14)18(24)12-26-17-9-7-16(21)8-10-17/h3-10,13H,11-12H2,1-2H3,(H,22,25)/t13-/m0/s1. The van der Waals surface area contributed by atoms with Crippen molar-refractivity contribution in [3.8, 4) is 0 Å². The van der Waals surface area contributed by atoms with Crippen LogP contribution < -0.4 is 5.32 Å². The topological polar surface area (TPSA) is 49.4 Å². The lowest BCUT2D eigenvalue weighted by molar-refractivity contribution is -0.138. The van der Waals surface area contributed by atoms with Gasteiger partial charge in [0.25, 0.3) is 0 Å². The van der Waals surface area contributed by atoms with Gasteiger partial charge in [-0.3, -0.25) is 9.59 Å². The monoisotopic (exact) mass is 454 g/mol. The zero-order valence-electron chi connectivity index (χ0n) is 14.5. The van der Waals surface area contributed by atoms with Crippen LogP contribution in [0.25, 0.3) is 0 Å². The van der Waals surface area contributed by atoms with E-state index in [1.54, 1.807) is 31.0 Å². The predicted molar refractivity (Wildman–Crippen MR) is 110 cm³/mol. The van der Waals surface area contributed by atoms with Crippen LogP contribution in [0.2, 0.25) is 5.02 Å². The van der Waals surface area contributed by atoms with Gasteiger partial charge in [-0.05, 0) is 48.9 Å². The van der Waals surface area contributed by atoms with Gasteiger partial charge in [0.2, 0.25) is 11.8 Å². The van der Waals surface area contributed by atoms with E-state index in [4.69, 9.17) is 11.6 Å². The molecule has 26 heavy (non-hydrogen) atoms. The molecule has 0 saturated heterocycles. The zero-order valence-corrected chi connectivity index (χ0v) is 17.7. The smallest absolute Gasteiger partial charge is 0.242 e. The number of thioether (sulfide) groups is 1. The number of halogens is 2. The number of likely N-dealkylation sites (N-methyl/N-ethyl adjacent to an activating group) is 1. The molecule has 2 amide bonds. The van der Waals surface area contributed by atoms with Crippen LogP contribution >= 0.6 is 39.3 Å². The summed E-state index contributed by atoms with van der Waals surface area (Å²) in [4.78, 5) is 27.4. The molecular weight excluding hydrogens is 436 g/mol. The Balaban J connectivity index is 2.10. The molecule has 0 bridgehead atoms. The molecule has 0 fully saturated rings. The number of rotatable bonds is 7. The van der Waals surface area contributed by atoms with Crippen molar-refractivity contribution in [3.05, 3.63) is 63.6 Å². The predicted octanol–water partition coefficient (Wildman–Crippen LogP) is 4.36. The van der Waals surface area contributed by atoms with Crippen molar-refractivity contribution >= 4 is 51.1 Å². The summed E-state index contributed by atoms with van der Waals surface area (Å²) in [5.41, 5.74) is 0.966. The van der Waals surface area contributed by atoms with E-state index in [-0.39, 0.29) is 17.6 Å². The van der Waals surface area contributed by atoms with Crippen molar-refractivity contribution in [1.82, 2.24) is 10.2 Å². The molecule has 0 aromatic heterocycles. The van der Waals surface area contributed by atoms with Gasteiger partial charge in [-0.25, -0.2) is 0 Å². The number of amides is 2. The Kier molecular flexibility index (Phi) is 8.00. The fourth-order valence-electron chi connectivity index (χ4n) is 2.34. The number of hydrogen-bond acceptors (Lipinski definition) is 3. The molecule has 0 heterocycles. The second-order valence-electron chi connectivity index (χ2n) is 5.68. The highest BCUT2D eigenvalue weighted by atomic mass is 79.9. The summed E-state index contributed by atoms with van der Waals surface area (Å²) in [6.45, 7) is 2.12. The first-order valence-electron chi connectivity index (χ1n) is 8.04. The maximum absolute atomic E-state index is 12.8. The van der Waals surface area contributed by atoms with Gasteiger partial charge in [0.05, 0.1) is 5.75 Å². The molecule has 0 saturated carbocycles. The van der Waals surface area contributed by atoms with Crippen LogP contribution in [0.3, 0.4) is 0 Å². The van der Waals surface area contributed by atoms with Crippen LogP contribution in [0.1, 0.15) is 12.5 Å². The van der Waals surface area contributed by atoms with Crippen LogP contribution in [-0.2, 0) is 16.1 Å². The first kappa shape index (κ1) is 20.8.